The van der Waals surface area contributed by atoms with Gasteiger partial charge in [-0.1, -0.05) is 36.4 Å². The van der Waals surface area contributed by atoms with Gasteiger partial charge in [0.15, 0.2) is 0 Å². The van der Waals surface area contributed by atoms with E-state index in [9.17, 15) is 9.59 Å². The summed E-state index contributed by atoms with van der Waals surface area (Å²) in [5.74, 6) is -2.05. The third-order valence-electron chi connectivity index (χ3n) is 4.24. The van der Waals surface area contributed by atoms with Crippen LogP contribution in [-0.2, 0) is 32.1 Å². The smallest absolute Gasteiger partial charge is 0.323 e. The van der Waals surface area contributed by atoms with E-state index in [4.69, 9.17) is 20.9 Å². The predicted molar refractivity (Wildman–Crippen MR) is 99.0 cm³/mol. The van der Waals surface area contributed by atoms with Crippen molar-refractivity contribution in [2.24, 2.45) is 11.7 Å². The van der Waals surface area contributed by atoms with Gasteiger partial charge in [-0.2, -0.15) is 0 Å². The Morgan fingerprint density at radius 1 is 1.08 bits per heavy atom. The largest absolute Gasteiger partial charge is 0.468 e. The first-order valence-electron chi connectivity index (χ1n) is 8.31. The van der Waals surface area contributed by atoms with E-state index in [1.165, 1.54) is 7.11 Å². The number of carbonyl (C=O) groups is 2. The molecule has 0 aliphatic heterocycles. The molecule has 0 aromatic heterocycles. The molecule has 0 bridgehead atoms. The molecule has 0 aliphatic rings. The molecule has 2 rings (SSSR count). The first-order chi connectivity index (χ1) is 12.4. The Bertz CT molecular complexity index is 762. The fourth-order valence-electron chi connectivity index (χ4n) is 2.68. The number of ether oxygens (including phenoxy) is 2. The van der Waals surface area contributed by atoms with Crippen molar-refractivity contribution in [1.82, 2.24) is 0 Å². The van der Waals surface area contributed by atoms with Crippen LogP contribution in [0.3, 0.4) is 0 Å². The van der Waals surface area contributed by atoms with Crippen molar-refractivity contribution >= 4 is 17.6 Å². The molecule has 2 aromatic rings. The quantitative estimate of drug-likeness (QED) is 0.581. The summed E-state index contributed by atoms with van der Waals surface area (Å²) >= 11 is 0. The number of benzene rings is 2. The molecule has 0 saturated carbocycles. The molecule has 0 radical (unpaired) electrons. The number of aryl methyl sites for hydroxylation is 1. The van der Waals surface area contributed by atoms with Gasteiger partial charge in [-0.25, -0.2) is 0 Å². The highest BCUT2D eigenvalue weighted by Gasteiger charge is 2.33. The van der Waals surface area contributed by atoms with Crippen LogP contribution in [0.4, 0.5) is 5.69 Å². The summed E-state index contributed by atoms with van der Waals surface area (Å²) in [5.41, 5.74) is 15.0. The molecule has 0 fully saturated rings. The molecule has 6 heteroatoms. The van der Waals surface area contributed by atoms with Gasteiger partial charge in [0.05, 0.1) is 13.0 Å². The second kappa shape index (κ2) is 9.01. The van der Waals surface area contributed by atoms with Crippen LogP contribution in [0.2, 0.25) is 0 Å². The lowest BCUT2D eigenvalue weighted by molar-refractivity contribution is -0.156. The number of nitrogen functional groups attached to an aromatic ring is 1. The fraction of sp³-hybridized carbons (Fsp3) is 0.300. The molecule has 0 aliphatic carbocycles. The average molecular weight is 356 g/mol. The number of hydrogen-bond donors (Lipinski definition) is 2. The van der Waals surface area contributed by atoms with Gasteiger partial charge >= 0.3 is 11.9 Å². The van der Waals surface area contributed by atoms with Crippen molar-refractivity contribution in [3.8, 4) is 0 Å². The lowest BCUT2D eigenvalue weighted by Crippen LogP contribution is -2.44. The molecular formula is C20H24N2O4. The van der Waals surface area contributed by atoms with Crippen molar-refractivity contribution in [2.75, 3.05) is 12.8 Å². The van der Waals surface area contributed by atoms with Gasteiger partial charge < -0.3 is 20.9 Å². The molecule has 2 unspecified atom stereocenters. The highest BCUT2D eigenvalue weighted by atomic mass is 16.5. The minimum Gasteiger partial charge on any atom is -0.468 e. The summed E-state index contributed by atoms with van der Waals surface area (Å²) in [6.45, 7) is 2.01. The van der Waals surface area contributed by atoms with E-state index >= 15 is 0 Å². The second-order valence-electron chi connectivity index (χ2n) is 6.14. The summed E-state index contributed by atoms with van der Waals surface area (Å²) in [6.07, 6.45) is 0.260. The first-order valence-corrected chi connectivity index (χ1v) is 8.31. The van der Waals surface area contributed by atoms with Gasteiger partial charge in [-0.3, -0.25) is 9.59 Å². The maximum Gasteiger partial charge on any atom is 0.323 e. The van der Waals surface area contributed by atoms with Gasteiger partial charge in [0.2, 0.25) is 0 Å². The van der Waals surface area contributed by atoms with Crippen LogP contribution in [0.15, 0.2) is 48.5 Å². The van der Waals surface area contributed by atoms with Crippen molar-refractivity contribution in [1.29, 1.82) is 0 Å². The molecule has 0 saturated heterocycles. The summed E-state index contributed by atoms with van der Waals surface area (Å²) in [5, 5.41) is 0. The van der Waals surface area contributed by atoms with E-state index in [1.54, 1.807) is 6.07 Å². The highest BCUT2D eigenvalue weighted by molar-refractivity contribution is 5.84. The fourth-order valence-corrected chi connectivity index (χ4v) is 2.68. The van der Waals surface area contributed by atoms with Crippen molar-refractivity contribution < 1.29 is 19.1 Å². The molecule has 138 valence electrons. The Kier molecular flexibility index (Phi) is 6.74. The normalized spacial score (nSPS) is 12.9. The summed E-state index contributed by atoms with van der Waals surface area (Å²) < 4.78 is 10.1. The highest BCUT2D eigenvalue weighted by Crippen LogP contribution is 2.20. The molecule has 2 aromatic carbocycles. The number of nitrogens with two attached hydrogens (primary N) is 2. The molecule has 2 atom stereocenters. The Hall–Kier alpha value is -2.86. The average Bonchev–Trinajstić information content (AvgIpc) is 2.65. The van der Waals surface area contributed by atoms with Crippen molar-refractivity contribution in [3.63, 3.8) is 0 Å². The van der Waals surface area contributed by atoms with Crippen LogP contribution in [-0.4, -0.2) is 25.1 Å². The van der Waals surface area contributed by atoms with Crippen LogP contribution in [0.25, 0.3) is 0 Å². The van der Waals surface area contributed by atoms with Crippen LogP contribution in [0.5, 0.6) is 0 Å². The number of rotatable bonds is 7. The number of methoxy groups -OCH3 is 1. The molecule has 0 spiro atoms. The Balaban J connectivity index is 2.16. The van der Waals surface area contributed by atoms with Gasteiger partial charge in [0.25, 0.3) is 0 Å². The minimum absolute atomic E-state index is 0.116. The predicted octanol–water partition coefficient (Wildman–Crippen LogP) is 1.98. The molecule has 4 N–H and O–H groups in total. The van der Waals surface area contributed by atoms with Crippen molar-refractivity contribution in [3.05, 3.63) is 65.2 Å². The lowest BCUT2D eigenvalue weighted by Gasteiger charge is -2.21. The second-order valence-corrected chi connectivity index (χ2v) is 6.14. The van der Waals surface area contributed by atoms with Gasteiger partial charge in [0, 0.05) is 5.69 Å². The van der Waals surface area contributed by atoms with Gasteiger partial charge in [0.1, 0.15) is 12.6 Å². The minimum atomic E-state index is -1.11. The number of hydrogen-bond acceptors (Lipinski definition) is 6. The monoisotopic (exact) mass is 356 g/mol. The summed E-state index contributed by atoms with van der Waals surface area (Å²) in [6, 6.07) is 13.6. The van der Waals surface area contributed by atoms with Gasteiger partial charge in [-0.15, -0.1) is 0 Å². The molecule has 26 heavy (non-hydrogen) atoms. The summed E-state index contributed by atoms with van der Waals surface area (Å²) in [7, 11) is 1.24. The SMILES string of the molecule is COC(=O)C(N)C(Cc1ccc(N)cc1C)C(=O)OCc1ccccc1. The van der Waals surface area contributed by atoms with E-state index in [1.807, 2.05) is 49.4 Å². The van der Waals surface area contributed by atoms with E-state index < -0.39 is 23.9 Å². The zero-order valence-electron chi connectivity index (χ0n) is 15.0. The van der Waals surface area contributed by atoms with E-state index in [0.717, 1.165) is 16.7 Å². The number of anilines is 1. The molecular weight excluding hydrogens is 332 g/mol. The molecule has 0 amide bonds. The van der Waals surface area contributed by atoms with E-state index in [0.29, 0.717) is 5.69 Å². The maximum absolute atomic E-state index is 12.6. The molecule has 6 nitrogen and oxygen atoms in total. The van der Waals surface area contributed by atoms with Crippen LogP contribution in [0, 0.1) is 12.8 Å². The van der Waals surface area contributed by atoms with E-state index in [-0.39, 0.29) is 13.0 Å². The van der Waals surface area contributed by atoms with Gasteiger partial charge in [-0.05, 0) is 42.2 Å². The van der Waals surface area contributed by atoms with Crippen LogP contribution >= 0.6 is 0 Å². The van der Waals surface area contributed by atoms with Crippen LogP contribution < -0.4 is 11.5 Å². The van der Waals surface area contributed by atoms with Crippen molar-refractivity contribution in [2.45, 2.75) is 26.0 Å². The zero-order chi connectivity index (χ0) is 19.1. The Labute approximate surface area is 153 Å². The topological polar surface area (TPSA) is 105 Å². The van der Waals surface area contributed by atoms with E-state index in [2.05, 4.69) is 0 Å². The number of esters is 2. The Morgan fingerprint density at radius 2 is 1.77 bits per heavy atom. The lowest BCUT2D eigenvalue weighted by atomic mass is 9.90. The van der Waals surface area contributed by atoms with Crippen LogP contribution in [0.1, 0.15) is 16.7 Å². The zero-order valence-corrected chi connectivity index (χ0v) is 15.0. The molecule has 0 heterocycles. The third kappa shape index (κ3) is 5.07. The Morgan fingerprint density at radius 3 is 2.38 bits per heavy atom. The third-order valence-corrected chi connectivity index (χ3v) is 4.24. The first kappa shape index (κ1) is 19.5. The summed E-state index contributed by atoms with van der Waals surface area (Å²) in [4.78, 5) is 24.5. The maximum atomic E-state index is 12.6. The standard InChI is InChI=1S/C20H24N2O4/c1-13-10-16(21)9-8-15(13)11-17(18(22)20(24)25-2)19(23)26-12-14-6-4-3-5-7-14/h3-10,17-18H,11-12,21-22H2,1-2H3. The number of carbonyl (C=O) groups excluding carboxylic acids is 2.